The minimum Gasteiger partial charge on any atom is -0.374 e. The van der Waals surface area contributed by atoms with Gasteiger partial charge < -0.3 is 9.64 Å². The molecule has 0 aromatic rings. The molecular weight excluding hydrogens is 248 g/mol. The lowest BCUT2D eigenvalue weighted by Gasteiger charge is -2.39. The molecule has 120 valence electrons. The molecule has 1 rings (SSSR count). The van der Waals surface area contributed by atoms with Gasteiger partial charge in [-0.25, -0.2) is 0 Å². The van der Waals surface area contributed by atoms with Gasteiger partial charge in [0.15, 0.2) is 0 Å². The molecule has 1 aliphatic heterocycles. The normalized spacial score (nSPS) is 21.1. The molecular formula is C17H36N2O. The van der Waals surface area contributed by atoms with Gasteiger partial charge in [0.1, 0.15) is 0 Å². The summed E-state index contributed by atoms with van der Waals surface area (Å²) < 4.78 is 5.91. The van der Waals surface area contributed by atoms with Crippen LogP contribution in [-0.4, -0.2) is 60.8 Å². The molecule has 1 heterocycles. The van der Waals surface area contributed by atoms with Crippen LogP contribution in [0.2, 0.25) is 0 Å². The van der Waals surface area contributed by atoms with Gasteiger partial charge in [0, 0.05) is 32.2 Å². The van der Waals surface area contributed by atoms with Crippen molar-refractivity contribution in [3.8, 4) is 0 Å². The van der Waals surface area contributed by atoms with Crippen molar-refractivity contribution in [2.45, 2.75) is 66.5 Å². The van der Waals surface area contributed by atoms with Crippen LogP contribution in [0.3, 0.4) is 0 Å². The summed E-state index contributed by atoms with van der Waals surface area (Å²) in [5.74, 6) is 0. The van der Waals surface area contributed by atoms with Crippen molar-refractivity contribution >= 4 is 0 Å². The van der Waals surface area contributed by atoms with E-state index in [1.807, 2.05) is 0 Å². The molecule has 0 amide bonds. The quantitative estimate of drug-likeness (QED) is 0.771. The van der Waals surface area contributed by atoms with Gasteiger partial charge in [-0.15, -0.1) is 0 Å². The molecule has 20 heavy (non-hydrogen) atoms. The highest BCUT2D eigenvalue weighted by atomic mass is 16.5. The first-order valence-corrected chi connectivity index (χ1v) is 8.17. The second-order valence-electron chi connectivity index (χ2n) is 8.46. The summed E-state index contributed by atoms with van der Waals surface area (Å²) in [7, 11) is 0. The highest BCUT2D eigenvalue weighted by molar-refractivity contribution is 4.78. The zero-order valence-corrected chi connectivity index (χ0v) is 14.8. The third-order valence-corrected chi connectivity index (χ3v) is 3.97. The third-order valence-electron chi connectivity index (χ3n) is 3.97. The fourth-order valence-corrected chi connectivity index (χ4v) is 2.40. The molecule has 3 nitrogen and oxygen atoms in total. The largest absolute Gasteiger partial charge is 0.374 e. The molecule has 1 saturated heterocycles. The highest BCUT2D eigenvalue weighted by Gasteiger charge is 2.23. The van der Waals surface area contributed by atoms with Crippen LogP contribution in [0.25, 0.3) is 0 Å². The molecule has 0 aromatic carbocycles. The van der Waals surface area contributed by atoms with E-state index in [1.54, 1.807) is 0 Å². The number of piperazine rings is 1. The van der Waals surface area contributed by atoms with Crippen LogP contribution in [-0.2, 0) is 4.74 Å². The smallest absolute Gasteiger partial charge is 0.0626 e. The maximum atomic E-state index is 5.91. The van der Waals surface area contributed by atoms with Gasteiger partial charge in [-0.3, -0.25) is 4.90 Å². The van der Waals surface area contributed by atoms with Gasteiger partial charge in [-0.2, -0.15) is 0 Å². The summed E-state index contributed by atoms with van der Waals surface area (Å²) in [6.07, 6.45) is 1.29. The standard InChI is InChI=1S/C17H36N2O/c1-15(14-20-17(5,6)7)19-12-10-18(11-13-19)9-8-16(2,3)4/h15H,8-14H2,1-7H3. The van der Waals surface area contributed by atoms with E-state index in [-0.39, 0.29) is 5.60 Å². The number of hydrogen-bond acceptors (Lipinski definition) is 3. The average molecular weight is 284 g/mol. The molecule has 0 bridgehead atoms. The number of nitrogens with zero attached hydrogens (tertiary/aromatic N) is 2. The van der Waals surface area contributed by atoms with E-state index in [4.69, 9.17) is 4.74 Å². The number of rotatable bonds is 5. The Balaban J connectivity index is 2.24. The summed E-state index contributed by atoms with van der Waals surface area (Å²) in [4.78, 5) is 5.18. The third kappa shape index (κ3) is 7.61. The summed E-state index contributed by atoms with van der Waals surface area (Å²) in [6, 6.07) is 0.527. The predicted molar refractivity (Wildman–Crippen MR) is 87.3 cm³/mol. The summed E-state index contributed by atoms with van der Waals surface area (Å²) in [5.41, 5.74) is 0.424. The van der Waals surface area contributed by atoms with Crippen LogP contribution in [0, 0.1) is 5.41 Å². The Kier molecular flexibility index (Phi) is 6.49. The monoisotopic (exact) mass is 284 g/mol. The lowest BCUT2D eigenvalue weighted by molar-refractivity contribution is -0.0387. The molecule has 0 aliphatic carbocycles. The zero-order chi connectivity index (χ0) is 15.4. The van der Waals surface area contributed by atoms with E-state index < -0.39 is 0 Å². The van der Waals surface area contributed by atoms with Crippen molar-refractivity contribution in [1.29, 1.82) is 0 Å². The molecule has 0 radical (unpaired) electrons. The van der Waals surface area contributed by atoms with Gasteiger partial charge in [-0.1, -0.05) is 20.8 Å². The van der Waals surface area contributed by atoms with Gasteiger partial charge in [-0.05, 0) is 46.1 Å². The van der Waals surface area contributed by atoms with Crippen LogP contribution in [0.4, 0.5) is 0 Å². The molecule has 0 N–H and O–H groups in total. The molecule has 1 unspecified atom stereocenters. The van der Waals surface area contributed by atoms with Crippen LogP contribution in [0.15, 0.2) is 0 Å². The average Bonchev–Trinajstić information content (AvgIpc) is 2.32. The molecule has 0 aromatic heterocycles. The van der Waals surface area contributed by atoms with E-state index in [2.05, 4.69) is 58.3 Å². The minimum atomic E-state index is -0.0250. The van der Waals surface area contributed by atoms with Crippen molar-refractivity contribution in [2.24, 2.45) is 5.41 Å². The Morgan fingerprint density at radius 3 is 1.95 bits per heavy atom. The van der Waals surface area contributed by atoms with E-state index >= 15 is 0 Å². The maximum absolute atomic E-state index is 5.91. The van der Waals surface area contributed by atoms with Gasteiger partial charge in [0.25, 0.3) is 0 Å². The first kappa shape index (κ1) is 17.9. The Morgan fingerprint density at radius 2 is 1.50 bits per heavy atom. The highest BCUT2D eigenvalue weighted by Crippen LogP contribution is 2.19. The Hall–Kier alpha value is -0.120. The zero-order valence-electron chi connectivity index (χ0n) is 14.8. The topological polar surface area (TPSA) is 15.7 Å². The van der Waals surface area contributed by atoms with Gasteiger partial charge in [0.2, 0.25) is 0 Å². The fourth-order valence-electron chi connectivity index (χ4n) is 2.40. The van der Waals surface area contributed by atoms with Crippen molar-refractivity contribution in [2.75, 3.05) is 39.3 Å². The van der Waals surface area contributed by atoms with Crippen LogP contribution >= 0.6 is 0 Å². The molecule has 1 fully saturated rings. The van der Waals surface area contributed by atoms with Crippen molar-refractivity contribution < 1.29 is 4.74 Å². The SMILES string of the molecule is CC(COC(C)(C)C)N1CCN(CCC(C)(C)C)CC1. The molecule has 3 heteroatoms. The predicted octanol–water partition coefficient (Wildman–Crippen LogP) is 3.24. The number of ether oxygens (including phenoxy) is 1. The Labute approximate surface area is 126 Å². The fraction of sp³-hybridized carbons (Fsp3) is 1.00. The van der Waals surface area contributed by atoms with Crippen LogP contribution in [0.1, 0.15) is 54.9 Å². The summed E-state index contributed by atoms with van der Waals surface area (Å²) in [6.45, 7) is 22.5. The molecule has 0 spiro atoms. The van der Waals surface area contributed by atoms with Crippen LogP contribution in [0.5, 0.6) is 0 Å². The number of hydrogen-bond donors (Lipinski definition) is 0. The van der Waals surface area contributed by atoms with E-state index in [0.29, 0.717) is 11.5 Å². The van der Waals surface area contributed by atoms with Crippen molar-refractivity contribution in [1.82, 2.24) is 9.80 Å². The maximum Gasteiger partial charge on any atom is 0.0626 e. The lowest BCUT2D eigenvalue weighted by Crippen LogP contribution is -2.51. The van der Waals surface area contributed by atoms with E-state index in [0.717, 1.165) is 6.61 Å². The Bertz CT molecular complexity index is 270. The molecule has 1 aliphatic rings. The minimum absolute atomic E-state index is 0.0250. The molecule has 0 saturated carbocycles. The lowest BCUT2D eigenvalue weighted by atomic mass is 9.92. The van der Waals surface area contributed by atoms with Gasteiger partial charge in [0.05, 0.1) is 12.2 Å². The summed E-state index contributed by atoms with van der Waals surface area (Å²) in [5, 5.41) is 0. The van der Waals surface area contributed by atoms with Gasteiger partial charge >= 0.3 is 0 Å². The van der Waals surface area contributed by atoms with Crippen molar-refractivity contribution in [3.63, 3.8) is 0 Å². The first-order chi connectivity index (χ1) is 9.07. The molecule has 1 atom stereocenters. The second kappa shape index (κ2) is 7.24. The first-order valence-electron chi connectivity index (χ1n) is 8.17. The summed E-state index contributed by atoms with van der Waals surface area (Å²) >= 11 is 0. The Morgan fingerprint density at radius 1 is 0.950 bits per heavy atom. The van der Waals surface area contributed by atoms with Crippen LogP contribution < -0.4 is 0 Å². The van der Waals surface area contributed by atoms with E-state index in [1.165, 1.54) is 39.1 Å². The van der Waals surface area contributed by atoms with E-state index in [9.17, 15) is 0 Å². The second-order valence-corrected chi connectivity index (χ2v) is 8.46. The van der Waals surface area contributed by atoms with Crippen molar-refractivity contribution in [3.05, 3.63) is 0 Å².